The van der Waals surface area contributed by atoms with Crippen molar-refractivity contribution < 1.29 is 24.2 Å². The number of carboxylic acid groups (broad SMARTS) is 1. The largest absolute Gasteiger partial charge is 0.507 e. The van der Waals surface area contributed by atoms with Crippen LogP contribution in [-0.2, 0) is 4.79 Å². The normalized spacial score (nSPS) is 11.9. The van der Waals surface area contributed by atoms with E-state index in [1.54, 1.807) is 6.92 Å². The first-order chi connectivity index (χ1) is 8.95. The van der Waals surface area contributed by atoms with E-state index in [1.807, 2.05) is 0 Å². The van der Waals surface area contributed by atoms with E-state index in [-0.39, 0.29) is 18.9 Å². The molecule has 1 unspecified atom stereocenters. The van der Waals surface area contributed by atoms with E-state index in [0.717, 1.165) is 6.07 Å². The van der Waals surface area contributed by atoms with Crippen LogP contribution in [0, 0.1) is 11.7 Å². The number of aromatic hydroxyl groups is 1. The number of phenolic OH excluding ortho intramolecular Hbond substituents is 1. The molecular formula is C13H16FNO4. The predicted molar refractivity (Wildman–Crippen MR) is 66.4 cm³/mol. The summed E-state index contributed by atoms with van der Waals surface area (Å²) in [6.45, 7) is 1.93. The lowest BCUT2D eigenvalue weighted by Crippen LogP contribution is -2.30. The fraction of sp³-hybridized carbons (Fsp3) is 0.385. The number of hydrogen-bond acceptors (Lipinski definition) is 3. The van der Waals surface area contributed by atoms with Crippen molar-refractivity contribution in [2.45, 2.75) is 19.8 Å². The van der Waals surface area contributed by atoms with Gasteiger partial charge in [0.25, 0.3) is 5.91 Å². The molecule has 0 saturated heterocycles. The third-order valence-electron chi connectivity index (χ3n) is 2.81. The summed E-state index contributed by atoms with van der Waals surface area (Å²) in [6, 6.07) is 3.58. The lowest BCUT2D eigenvalue weighted by molar-refractivity contribution is -0.138. The summed E-state index contributed by atoms with van der Waals surface area (Å²) in [5.74, 6) is -3.18. The summed E-state index contributed by atoms with van der Waals surface area (Å²) in [5.41, 5.74) is -0.423. The highest BCUT2D eigenvalue weighted by Crippen LogP contribution is 2.19. The monoisotopic (exact) mass is 269 g/mol. The molecule has 0 saturated carbocycles. The molecule has 0 aliphatic carbocycles. The second-order valence-corrected chi connectivity index (χ2v) is 4.22. The minimum atomic E-state index is -0.949. The fourth-order valence-electron chi connectivity index (χ4n) is 1.67. The van der Waals surface area contributed by atoms with Crippen molar-refractivity contribution in [3.8, 4) is 5.75 Å². The molecule has 6 heteroatoms. The van der Waals surface area contributed by atoms with E-state index in [1.165, 1.54) is 12.1 Å². The molecule has 104 valence electrons. The molecular weight excluding hydrogens is 253 g/mol. The van der Waals surface area contributed by atoms with Crippen LogP contribution < -0.4 is 5.32 Å². The van der Waals surface area contributed by atoms with Gasteiger partial charge in [-0.1, -0.05) is 19.4 Å². The SMILES string of the molecule is CCC(CNC(=O)c1c(O)cccc1F)CC(=O)O. The van der Waals surface area contributed by atoms with Crippen LogP contribution in [0.4, 0.5) is 4.39 Å². The van der Waals surface area contributed by atoms with Crippen LogP contribution in [-0.4, -0.2) is 28.6 Å². The molecule has 0 heterocycles. The van der Waals surface area contributed by atoms with Gasteiger partial charge in [0.05, 0.1) is 0 Å². The van der Waals surface area contributed by atoms with E-state index >= 15 is 0 Å². The van der Waals surface area contributed by atoms with Crippen molar-refractivity contribution in [1.82, 2.24) is 5.32 Å². The zero-order valence-corrected chi connectivity index (χ0v) is 10.5. The minimum Gasteiger partial charge on any atom is -0.507 e. The van der Waals surface area contributed by atoms with Crippen LogP contribution in [0.3, 0.4) is 0 Å². The molecule has 1 aromatic carbocycles. The highest BCUT2D eigenvalue weighted by atomic mass is 19.1. The van der Waals surface area contributed by atoms with Crippen LogP contribution in [0.25, 0.3) is 0 Å². The predicted octanol–water partition coefficient (Wildman–Crippen LogP) is 1.76. The third-order valence-corrected chi connectivity index (χ3v) is 2.81. The maximum absolute atomic E-state index is 13.4. The molecule has 0 spiro atoms. The van der Waals surface area contributed by atoms with Crippen molar-refractivity contribution in [2.24, 2.45) is 5.92 Å². The van der Waals surface area contributed by atoms with Gasteiger partial charge in [-0.25, -0.2) is 4.39 Å². The van der Waals surface area contributed by atoms with Crippen molar-refractivity contribution in [2.75, 3.05) is 6.54 Å². The second-order valence-electron chi connectivity index (χ2n) is 4.22. The Hall–Kier alpha value is -2.11. The van der Waals surface area contributed by atoms with Gasteiger partial charge in [-0.05, 0) is 18.1 Å². The van der Waals surface area contributed by atoms with Crippen molar-refractivity contribution in [1.29, 1.82) is 0 Å². The van der Waals surface area contributed by atoms with Gasteiger partial charge in [-0.15, -0.1) is 0 Å². The van der Waals surface area contributed by atoms with Gasteiger partial charge in [-0.2, -0.15) is 0 Å². The Balaban J connectivity index is 2.67. The Morgan fingerprint density at radius 3 is 2.63 bits per heavy atom. The summed E-state index contributed by atoms with van der Waals surface area (Å²) in [7, 11) is 0. The minimum absolute atomic E-state index is 0.0694. The van der Waals surface area contributed by atoms with Gasteiger partial charge in [0.2, 0.25) is 0 Å². The summed E-state index contributed by atoms with van der Waals surface area (Å²) in [6.07, 6.45) is 0.510. The number of carbonyl (C=O) groups excluding carboxylic acids is 1. The molecule has 0 fully saturated rings. The molecule has 1 rings (SSSR count). The third kappa shape index (κ3) is 4.24. The number of halogens is 1. The number of carboxylic acids is 1. The maximum atomic E-state index is 13.4. The number of hydrogen-bond donors (Lipinski definition) is 3. The Kier molecular flexibility index (Phi) is 5.29. The van der Waals surface area contributed by atoms with Gasteiger partial charge >= 0.3 is 5.97 Å². The standard InChI is InChI=1S/C13H16FNO4/c1-2-8(6-11(17)18)7-15-13(19)12-9(14)4-3-5-10(12)16/h3-5,8,16H,2,6-7H2,1H3,(H,15,19)(H,17,18). The highest BCUT2D eigenvalue weighted by Gasteiger charge is 2.18. The molecule has 0 aliphatic heterocycles. The van der Waals surface area contributed by atoms with Crippen LogP contribution in [0.5, 0.6) is 5.75 Å². The van der Waals surface area contributed by atoms with Crippen LogP contribution in [0.15, 0.2) is 18.2 Å². The Labute approximate surface area is 110 Å². The smallest absolute Gasteiger partial charge is 0.303 e. The maximum Gasteiger partial charge on any atom is 0.303 e. The van der Waals surface area contributed by atoms with E-state index in [2.05, 4.69) is 5.32 Å². The average molecular weight is 269 g/mol. The van der Waals surface area contributed by atoms with Crippen LogP contribution in [0.2, 0.25) is 0 Å². The Bertz CT molecular complexity index is 455. The molecule has 0 aromatic heterocycles. The molecule has 3 N–H and O–H groups in total. The zero-order chi connectivity index (χ0) is 14.4. The molecule has 1 aromatic rings. The Morgan fingerprint density at radius 1 is 1.42 bits per heavy atom. The van der Waals surface area contributed by atoms with E-state index in [9.17, 15) is 19.1 Å². The number of amides is 1. The first-order valence-electron chi connectivity index (χ1n) is 5.93. The first kappa shape index (κ1) is 14.9. The topological polar surface area (TPSA) is 86.6 Å². The molecule has 1 amide bonds. The average Bonchev–Trinajstić information content (AvgIpc) is 2.33. The van der Waals surface area contributed by atoms with Gasteiger partial charge in [0, 0.05) is 13.0 Å². The summed E-state index contributed by atoms with van der Waals surface area (Å²) in [5, 5.41) is 20.5. The number of benzene rings is 1. The summed E-state index contributed by atoms with van der Waals surface area (Å²) in [4.78, 5) is 22.3. The van der Waals surface area contributed by atoms with Crippen molar-refractivity contribution >= 4 is 11.9 Å². The van der Waals surface area contributed by atoms with E-state index < -0.39 is 29.0 Å². The zero-order valence-electron chi connectivity index (χ0n) is 10.5. The number of aliphatic carboxylic acids is 1. The Morgan fingerprint density at radius 2 is 2.11 bits per heavy atom. The van der Waals surface area contributed by atoms with Gasteiger partial charge in [0.1, 0.15) is 17.1 Å². The molecule has 5 nitrogen and oxygen atoms in total. The lowest BCUT2D eigenvalue weighted by atomic mass is 10.0. The van der Waals surface area contributed by atoms with E-state index in [4.69, 9.17) is 5.11 Å². The number of carbonyl (C=O) groups is 2. The molecule has 0 bridgehead atoms. The number of nitrogens with one attached hydrogen (secondary N) is 1. The van der Waals surface area contributed by atoms with Gasteiger partial charge in [0.15, 0.2) is 0 Å². The number of rotatable bonds is 6. The second kappa shape index (κ2) is 6.72. The van der Waals surface area contributed by atoms with Crippen LogP contribution in [0.1, 0.15) is 30.1 Å². The summed E-state index contributed by atoms with van der Waals surface area (Å²) >= 11 is 0. The molecule has 0 aliphatic rings. The van der Waals surface area contributed by atoms with Crippen LogP contribution >= 0.6 is 0 Å². The first-order valence-corrected chi connectivity index (χ1v) is 5.93. The molecule has 0 radical (unpaired) electrons. The lowest BCUT2D eigenvalue weighted by Gasteiger charge is -2.14. The van der Waals surface area contributed by atoms with Gasteiger partial charge in [-0.3, -0.25) is 9.59 Å². The van der Waals surface area contributed by atoms with Crippen molar-refractivity contribution in [3.63, 3.8) is 0 Å². The van der Waals surface area contributed by atoms with Crippen molar-refractivity contribution in [3.05, 3.63) is 29.6 Å². The molecule has 1 atom stereocenters. The van der Waals surface area contributed by atoms with Gasteiger partial charge < -0.3 is 15.5 Å². The number of phenols is 1. The summed E-state index contributed by atoms with van der Waals surface area (Å²) < 4.78 is 13.4. The quantitative estimate of drug-likeness (QED) is 0.734. The highest BCUT2D eigenvalue weighted by molar-refractivity contribution is 5.97. The fourth-order valence-corrected chi connectivity index (χ4v) is 1.67. The van der Waals surface area contributed by atoms with E-state index in [0.29, 0.717) is 6.42 Å². The molecule has 19 heavy (non-hydrogen) atoms.